The van der Waals surface area contributed by atoms with E-state index in [9.17, 15) is 14.3 Å². The standard InChI is InChI=1S/C11H10FNO3/c12-9-4-3-7(2-1-5-13)6-8(9)10(14)11(15)16/h3-4,6,10,14H,1-2H2,(H,15,16). The Morgan fingerprint density at radius 3 is 2.81 bits per heavy atom. The third-order valence-electron chi connectivity index (χ3n) is 2.11. The van der Waals surface area contributed by atoms with Gasteiger partial charge in [-0.15, -0.1) is 0 Å². The highest BCUT2D eigenvalue weighted by Crippen LogP contribution is 2.19. The number of nitriles is 1. The smallest absolute Gasteiger partial charge is 0.337 e. The summed E-state index contributed by atoms with van der Waals surface area (Å²) in [5.41, 5.74) is 0.348. The fourth-order valence-electron chi connectivity index (χ4n) is 1.29. The van der Waals surface area contributed by atoms with E-state index in [1.54, 1.807) is 0 Å². The number of aliphatic hydroxyl groups excluding tert-OH is 1. The Balaban J connectivity index is 2.99. The zero-order valence-electron chi connectivity index (χ0n) is 8.35. The molecule has 1 rings (SSSR count). The summed E-state index contributed by atoms with van der Waals surface area (Å²) in [5.74, 6) is -2.27. The van der Waals surface area contributed by atoms with E-state index in [1.807, 2.05) is 6.07 Å². The lowest BCUT2D eigenvalue weighted by Gasteiger charge is -2.08. The van der Waals surface area contributed by atoms with Gasteiger partial charge >= 0.3 is 5.97 Å². The quantitative estimate of drug-likeness (QED) is 0.808. The Bertz CT molecular complexity index is 439. The van der Waals surface area contributed by atoms with Crippen molar-refractivity contribution in [3.63, 3.8) is 0 Å². The molecule has 1 unspecified atom stereocenters. The number of halogens is 1. The third kappa shape index (κ3) is 2.78. The van der Waals surface area contributed by atoms with Gasteiger partial charge in [-0.05, 0) is 24.1 Å². The zero-order chi connectivity index (χ0) is 12.1. The number of carboxylic acid groups (broad SMARTS) is 1. The molecule has 84 valence electrons. The molecule has 4 nitrogen and oxygen atoms in total. The van der Waals surface area contributed by atoms with Gasteiger partial charge in [0.1, 0.15) is 5.82 Å². The molecule has 0 radical (unpaired) electrons. The molecule has 0 amide bonds. The predicted molar refractivity (Wildman–Crippen MR) is 52.9 cm³/mol. The maximum Gasteiger partial charge on any atom is 0.337 e. The highest BCUT2D eigenvalue weighted by atomic mass is 19.1. The zero-order valence-corrected chi connectivity index (χ0v) is 8.35. The van der Waals surface area contributed by atoms with Gasteiger partial charge in [0, 0.05) is 12.0 Å². The van der Waals surface area contributed by atoms with Crippen LogP contribution >= 0.6 is 0 Å². The first kappa shape index (κ1) is 12.1. The summed E-state index contributed by atoms with van der Waals surface area (Å²) in [6.45, 7) is 0. The van der Waals surface area contributed by atoms with Gasteiger partial charge in [-0.3, -0.25) is 0 Å². The predicted octanol–water partition coefficient (Wildman–Crippen LogP) is 1.40. The number of aliphatic carboxylic acids is 1. The molecule has 0 bridgehead atoms. The lowest BCUT2D eigenvalue weighted by atomic mass is 10.0. The molecular formula is C11H10FNO3. The molecule has 0 aliphatic heterocycles. The van der Waals surface area contributed by atoms with Crippen LogP contribution in [-0.4, -0.2) is 16.2 Å². The summed E-state index contributed by atoms with van der Waals surface area (Å²) in [6.07, 6.45) is -1.22. The number of carbonyl (C=O) groups is 1. The van der Waals surface area contributed by atoms with Gasteiger partial charge in [-0.25, -0.2) is 9.18 Å². The van der Waals surface area contributed by atoms with Gasteiger partial charge in [0.05, 0.1) is 6.07 Å². The van der Waals surface area contributed by atoms with Crippen molar-refractivity contribution in [2.24, 2.45) is 0 Å². The largest absolute Gasteiger partial charge is 0.479 e. The summed E-state index contributed by atoms with van der Waals surface area (Å²) in [4.78, 5) is 10.5. The molecular weight excluding hydrogens is 213 g/mol. The highest BCUT2D eigenvalue weighted by Gasteiger charge is 2.20. The van der Waals surface area contributed by atoms with Crippen molar-refractivity contribution in [2.45, 2.75) is 18.9 Å². The van der Waals surface area contributed by atoms with Crippen molar-refractivity contribution in [3.05, 3.63) is 35.1 Å². The minimum Gasteiger partial charge on any atom is -0.479 e. The van der Waals surface area contributed by atoms with Gasteiger partial charge in [-0.1, -0.05) is 6.07 Å². The molecule has 1 atom stereocenters. The molecule has 0 aromatic heterocycles. The molecule has 2 N–H and O–H groups in total. The SMILES string of the molecule is N#CCCc1ccc(F)c(C(O)C(=O)O)c1. The van der Waals surface area contributed by atoms with Crippen LogP contribution in [0.5, 0.6) is 0 Å². The molecule has 1 aromatic rings. The molecule has 0 aliphatic carbocycles. The van der Waals surface area contributed by atoms with E-state index < -0.39 is 17.9 Å². The number of rotatable bonds is 4. The fourth-order valence-corrected chi connectivity index (χ4v) is 1.29. The number of hydrogen-bond acceptors (Lipinski definition) is 3. The van der Waals surface area contributed by atoms with Crippen molar-refractivity contribution < 1.29 is 19.4 Å². The molecule has 1 aromatic carbocycles. The topological polar surface area (TPSA) is 81.3 Å². The summed E-state index contributed by atoms with van der Waals surface area (Å²) in [5, 5.41) is 26.2. The Hall–Kier alpha value is -1.93. The maximum absolute atomic E-state index is 13.2. The molecule has 0 saturated carbocycles. The lowest BCUT2D eigenvalue weighted by Crippen LogP contribution is -2.12. The molecule has 0 aliphatic rings. The van der Waals surface area contributed by atoms with Crippen LogP contribution in [-0.2, 0) is 11.2 Å². The summed E-state index contributed by atoms with van der Waals surface area (Å²) in [7, 11) is 0. The van der Waals surface area contributed by atoms with E-state index in [2.05, 4.69) is 0 Å². The monoisotopic (exact) mass is 223 g/mol. The van der Waals surface area contributed by atoms with Gasteiger partial charge < -0.3 is 10.2 Å². The molecule has 5 heteroatoms. The van der Waals surface area contributed by atoms with Gasteiger partial charge in [0.2, 0.25) is 0 Å². The Kier molecular flexibility index (Phi) is 3.97. The number of aryl methyl sites for hydroxylation is 1. The molecule has 0 spiro atoms. The van der Waals surface area contributed by atoms with Crippen molar-refractivity contribution in [2.75, 3.05) is 0 Å². The van der Waals surface area contributed by atoms with E-state index in [-0.39, 0.29) is 12.0 Å². The van der Waals surface area contributed by atoms with Gasteiger partial charge in [-0.2, -0.15) is 5.26 Å². The number of carboxylic acids is 1. The van der Waals surface area contributed by atoms with Crippen molar-refractivity contribution >= 4 is 5.97 Å². The molecule has 16 heavy (non-hydrogen) atoms. The normalized spacial score (nSPS) is 11.8. The van der Waals surface area contributed by atoms with Crippen molar-refractivity contribution in [3.8, 4) is 6.07 Å². The first-order chi connectivity index (χ1) is 7.56. The van der Waals surface area contributed by atoms with E-state index in [0.717, 1.165) is 6.07 Å². The van der Waals surface area contributed by atoms with Crippen LogP contribution in [0.25, 0.3) is 0 Å². The van der Waals surface area contributed by atoms with Crippen LogP contribution in [0.2, 0.25) is 0 Å². The number of nitrogens with zero attached hydrogens (tertiary/aromatic N) is 1. The number of benzene rings is 1. The van der Waals surface area contributed by atoms with Crippen LogP contribution in [0.3, 0.4) is 0 Å². The van der Waals surface area contributed by atoms with Gasteiger partial charge in [0.25, 0.3) is 0 Å². The summed E-state index contributed by atoms with van der Waals surface area (Å²) in [6, 6.07) is 5.75. The number of hydrogen-bond donors (Lipinski definition) is 2. The van der Waals surface area contributed by atoms with E-state index in [0.29, 0.717) is 12.0 Å². The first-order valence-corrected chi connectivity index (χ1v) is 4.62. The molecule has 0 fully saturated rings. The third-order valence-corrected chi connectivity index (χ3v) is 2.11. The summed E-state index contributed by atoms with van der Waals surface area (Å²) < 4.78 is 13.2. The van der Waals surface area contributed by atoms with E-state index in [4.69, 9.17) is 10.4 Å². The molecule has 0 heterocycles. The maximum atomic E-state index is 13.2. The van der Waals surface area contributed by atoms with E-state index >= 15 is 0 Å². The van der Waals surface area contributed by atoms with Crippen molar-refractivity contribution in [1.29, 1.82) is 5.26 Å². The second kappa shape index (κ2) is 5.24. The lowest BCUT2D eigenvalue weighted by molar-refractivity contribution is -0.147. The minimum absolute atomic E-state index is 0.258. The number of aliphatic hydroxyl groups is 1. The average molecular weight is 223 g/mol. The Morgan fingerprint density at radius 2 is 2.25 bits per heavy atom. The van der Waals surface area contributed by atoms with Crippen LogP contribution in [0.15, 0.2) is 18.2 Å². The molecule has 0 saturated heterocycles. The Labute approximate surface area is 91.6 Å². The minimum atomic E-state index is -1.87. The van der Waals surface area contributed by atoms with Gasteiger partial charge in [0.15, 0.2) is 6.10 Å². The Morgan fingerprint density at radius 1 is 1.56 bits per heavy atom. The van der Waals surface area contributed by atoms with Crippen LogP contribution in [0.1, 0.15) is 23.7 Å². The average Bonchev–Trinajstić information content (AvgIpc) is 2.27. The van der Waals surface area contributed by atoms with Crippen LogP contribution in [0.4, 0.5) is 4.39 Å². The van der Waals surface area contributed by atoms with Crippen molar-refractivity contribution in [1.82, 2.24) is 0 Å². The van der Waals surface area contributed by atoms with Crippen LogP contribution < -0.4 is 0 Å². The first-order valence-electron chi connectivity index (χ1n) is 4.62. The van der Waals surface area contributed by atoms with E-state index in [1.165, 1.54) is 12.1 Å². The summed E-state index contributed by atoms with van der Waals surface area (Å²) >= 11 is 0. The second-order valence-electron chi connectivity index (χ2n) is 3.25. The highest BCUT2D eigenvalue weighted by molar-refractivity contribution is 5.74. The fraction of sp³-hybridized carbons (Fsp3) is 0.273. The second-order valence-corrected chi connectivity index (χ2v) is 3.25. The van der Waals surface area contributed by atoms with Crippen LogP contribution in [0, 0.1) is 17.1 Å².